The van der Waals surface area contributed by atoms with Gasteiger partial charge in [0.1, 0.15) is 11.3 Å². The first-order valence-corrected chi connectivity index (χ1v) is 14.6. The molecule has 7 rings (SSSR count). The van der Waals surface area contributed by atoms with E-state index >= 15 is 0 Å². The molecule has 1 aliphatic carbocycles. The van der Waals surface area contributed by atoms with Gasteiger partial charge in [-0.15, -0.1) is 65.7 Å². The van der Waals surface area contributed by atoms with E-state index in [0.29, 0.717) is 24.1 Å². The molecule has 1 fully saturated rings. The van der Waals surface area contributed by atoms with Crippen LogP contribution in [0.15, 0.2) is 108 Å². The van der Waals surface area contributed by atoms with Gasteiger partial charge in [-0.2, -0.15) is 0 Å². The van der Waals surface area contributed by atoms with E-state index in [2.05, 4.69) is 35.9 Å². The third-order valence-electron chi connectivity index (χ3n) is 8.03. The number of nitrogens with zero attached hydrogens (tertiary/aromatic N) is 2. The molecule has 0 atom stereocenters. The molecule has 0 aliphatic heterocycles. The predicted molar refractivity (Wildman–Crippen MR) is 177 cm³/mol. The SMILES string of the molecule is [2H]C([2H])([2H])c1ccc(-c2[c-]cccc2)nc1.[2H]C([2H])([2H])c1cnc(-c2[c-]ccc(-c3cc4ccccc4o3)c2)cc1C1([2H])CCC(C)(C)CC1.[Ir]. The van der Waals surface area contributed by atoms with Crippen LogP contribution in [0.5, 0.6) is 0 Å². The topological polar surface area (TPSA) is 38.9 Å². The van der Waals surface area contributed by atoms with E-state index in [0.717, 1.165) is 52.0 Å². The number of aromatic nitrogens is 2. The average molecular weight is 762 g/mol. The molecule has 0 bridgehead atoms. The molecular formula is C40H38IrN2O-2. The quantitative estimate of drug-likeness (QED) is 0.168. The zero-order chi connectivity index (χ0) is 35.7. The van der Waals surface area contributed by atoms with Crippen molar-refractivity contribution in [2.24, 2.45) is 5.41 Å². The standard InChI is InChI=1S/C28H28NO.C12H10N.Ir/c1-19-18-29-25(17-24(19)20-11-13-28(2,3)14-12-20)21-8-6-9-22(15-21)27-16-23-7-4-5-10-26(23)30-27;1-10-7-8-12(13-9-10)11-5-3-2-4-6-11;/h4-7,9-10,15-18,20H,11-14H2,1-3H3;2-5,7-9H,1H3;/q2*-1;/i1D3,20D;1D3;. The average Bonchev–Trinajstić information content (AvgIpc) is 3.54. The van der Waals surface area contributed by atoms with Crippen molar-refractivity contribution in [1.29, 1.82) is 0 Å². The van der Waals surface area contributed by atoms with Crippen LogP contribution in [0.3, 0.4) is 0 Å². The fourth-order valence-corrected chi connectivity index (χ4v) is 5.39. The molecule has 1 radical (unpaired) electrons. The summed E-state index contributed by atoms with van der Waals surface area (Å²) in [5.74, 6) is -0.185. The minimum Gasteiger partial charge on any atom is -0.458 e. The van der Waals surface area contributed by atoms with Crippen LogP contribution in [0.25, 0.3) is 44.8 Å². The van der Waals surface area contributed by atoms with E-state index in [9.17, 15) is 1.37 Å². The minimum absolute atomic E-state index is 0. The van der Waals surface area contributed by atoms with Crippen LogP contribution in [0.4, 0.5) is 0 Å². The number of furan rings is 1. The molecule has 0 N–H and O–H groups in total. The maximum Gasteiger partial charge on any atom is 0.134 e. The minimum atomic E-state index is -2.32. The summed E-state index contributed by atoms with van der Waals surface area (Å²) < 4.78 is 61.2. The third kappa shape index (κ3) is 7.44. The Morgan fingerprint density at radius 1 is 0.818 bits per heavy atom. The van der Waals surface area contributed by atoms with Crippen LogP contribution in [0, 0.1) is 31.3 Å². The summed E-state index contributed by atoms with van der Waals surface area (Å²) in [6.45, 7) is 0.0230. The van der Waals surface area contributed by atoms with Gasteiger partial charge in [-0.25, -0.2) is 0 Å². The van der Waals surface area contributed by atoms with Gasteiger partial charge in [0.15, 0.2) is 0 Å². The molecule has 3 heterocycles. The number of hydrogen-bond acceptors (Lipinski definition) is 3. The number of fused-ring (bicyclic) bond motifs is 1. The Labute approximate surface area is 285 Å². The first-order chi connectivity index (χ1) is 23.6. The first kappa shape index (κ1) is 23.5. The van der Waals surface area contributed by atoms with Crippen molar-refractivity contribution in [1.82, 2.24) is 9.97 Å². The Morgan fingerprint density at radius 2 is 1.61 bits per heavy atom. The van der Waals surface area contributed by atoms with E-state index in [1.165, 1.54) is 12.4 Å². The van der Waals surface area contributed by atoms with Crippen LogP contribution >= 0.6 is 0 Å². The molecule has 0 unspecified atom stereocenters. The molecule has 0 spiro atoms. The van der Waals surface area contributed by atoms with Crippen molar-refractivity contribution in [3.63, 3.8) is 0 Å². The van der Waals surface area contributed by atoms with Crippen LogP contribution in [0.1, 0.15) is 71.7 Å². The van der Waals surface area contributed by atoms with Gasteiger partial charge in [-0.3, -0.25) is 0 Å². The molecule has 0 saturated heterocycles. The van der Waals surface area contributed by atoms with Crippen LogP contribution in [-0.2, 0) is 20.1 Å². The Balaban J connectivity index is 0.000000249. The summed E-state index contributed by atoms with van der Waals surface area (Å²) in [4.78, 5) is 8.63. The normalized spacial score (nSPS) is 18.0. The Bertz CT molecular complexity index is 2050. The van der Waals surface area contributed by atoms with Gasteiger partial charge in [0.05, 0.1) is 0 Å². The Morgan fingerprint density at radius 3 is 2.34 bits per heavy atom. The van der Waals surface area contributed by atoms with Gasteiger partial charge < -0.3 is 14.4 Å². The van der Waals surface area contributed by atoms with Gasteiger partial charge in [0.25, 0.3) is 0 Å². The fourth-order valence-electron chi connectivity index (χ4n) is 5.39. The van der Waals surface area contributed by atoms with E-state index < -0.39 is 19.6 Å². The molecule has 44 heavy (non-hydrogen) atoms. The van der Waals surface area contributed by atoms with Crippen molar-refractivity contribution in [2.75, 3.05) is 0 Å². The molecule has 3 nitrogen and oxygen atoms in total. The summed E-state index contributed by atoms with van der Waals surface area (Å²) in [5, 5.41) is 1.03. The number of pyridine rings is 2. The third-order valence-corrected chi connectivity index (χ3v) is 8.03. The van der Waals surface area contributed by atoms with E-state index in [1.54, 1.807) is 24.3 Å². The van der Waals surface area contributed by atoms with Crippen LogP contribution in [0.2, 0.25) is 0 Å². The molecule has 0 amide bonds. The van der Waals surface area contributed by atoms with E-state index in [-0.39, 0.29) is 36.6 Å². The van der Waals surface area contributed by atoms with E-state index in [4.69, 9.17) is 12.6 Å². The molecule has 1 saturated carbocycles. The molecule has 3 aromatic carbocycles. The number of aryl methyl sites for hydroxylation is 2. The van der Waals surface area contributed by atoms with E-state index in [1.807, 2.05) is 66.7 Å². The number of benzene rings is 3. The smallest absolute Gasteiger partial charge is 0.134 e. The molecule has 1 aliphatic rings. The Hall–Kier alpha value is -3.85. The van der Waals surface area contributed by atoms with Crippen molar-refractivity contribution in [3.05, 3.63) is 132 Å². The second-order valence-electron chi connectivity index (χ2n) is 11.7. The first-order valence-electron chi connectivity index (χ1n) is 18.1. The van der Waals surface area contributed by atoms with Gasteiger partial charge >= 0.3 is 0 Å². The fraction of sp³-hybridized carbons (Fsp3) is 0.250. The van der Waals surface area contributed by atoms with Crippen molar-refractivity contribution in [2.45, 2.75) is 59.1 Å². The second-order valence-corrected chi connectivity index (χ2v) is 11.7. The van der Waals surface area contributed by atoms with Gasteiger partial charge in [-0.1, -0.05) is 55.8 Å². The summed E-state index contributed by atoms with van der Waals surface area (Å²) in [7, 11) is 0. The summed E-state index contributed by atoms with van der Waals surface area (Å²) >= 11 is 0. The molecule has 225 valence electrons. The molecule has 4 heteroatoms. The van der Waals surface area contributed by atoms with Crippen molar-refractivity contribution >= 4 is 11.0 Å². The Kier molecular flexibility index (Phi) is 7.40. The number of hydrogen-bond donors (Lipinski definition) is 0. The summed E-state index contributed by atoms with van der Waals surface area (Å²) in [5.41, 5.74) is 5.86. The molecular weight excluding hydrogens is 717 g/mol. The number of para-hydroxylation sites is 1. The van der Waals surface area contributed by atoms with Gasteiger partial charge in [0.2, 0.25) is 0 Å². The zero-order valence-electron chi connectivity index (χ0n) is 31.8. The molecule has 3 aromatic heterocycles. The number of rotatable bonds is 4. The monoisotopic (exact) mass is 762 g/mol. The summed E-state index contributed by atoms with van der Waals surface area (Å²) in [6.07, 6.45) is 5.88. The predicted octanol–water partition coefficient (Wildman–Crippen LogP) is 10.8. The van der Waals surface area contributed by atoms with Crippen LogP contribution in [-0.4, -0.2) is 9.97 Å². The van der Waals surface area contributed by atoms with Crippen LogP contribution < -0.4 is 0 Å². The van der Waals surface area contributed by atoms with Crippen molar-refractivity contribution < 1.29 is 34.1 Å². The molecule has 6 aromatic rings. The van der Waals surface area contributed by atoms with Gasteiger partial charge in [-0.05, 0) is 90.9 Å². The maximum atomic E-state index is 9.25. The maximum absolute atomic E-state index is 9.25. The zero-order valence-corrected chi connectivity index (χ0v) is 27.2. The van der Waals surface area contributed by atoms with Crippen molar-refractivity contribution in [3.8, 4) is 33.8 Å². The van der Waals surface area contributed by atoms with Gasteiger partial charge in [0, 0.05) is 47.5 Å². The largest absolute Gasteiger partial charge is 0.458 e. The summed E-state index contributed by atoms with van der Waals surface area (Å²) in [6, 6.07) is 34.4. The second kappa shape index (κ2) is 13.8.